The van der Waals surface area contributed by atoms with Crippen LogP contribution in [-0.2, 0) is 6.42 Å². The number of unbranched alkanes of at least 4 members (excludes halogenated alkanes) is 2. The van der Waals surface area contributed by atoms with E-state index in [0.29, 0.717) is 11.5 Å². The lowest BCUT2D eigenvalue weighted by atomic mass is 9.73. The summed E-state index contributed by atoms with van der Waals surface area (Å²) in [5.74, 6) is 1.78. The van der Waals surface area contributed by atoms with E-state index < -0.39 is 0 Å². The van der Waals surface area contributed by atoms with Gasteiger partial charge in [-0.05, 0) is 66.3 Å². The van der Waals surface area contributed by atoms with Gasteiger partial charge in [-0.1, -0.05) is 76.6 Å². The lowest BCUT2D eigenvalue weighted by Gasteiger charge is -2.32. The van der Waals surface area contributed by atoms with E-state index in [0.717, 1.165) is 29.4 Å². The molecule has 0 aromatic heterocycles. The van der Waals surface area contributed by atoms with Crippen molar-refractivity contribution in [1.82, 2.24) is 0 Å². The van der Waals surface area contributed by atoms with Crippen LogP contribution in [0.25, 0.3) is 11.1 Å². The zero-order valence-corrected chi connectivity index (χ0v) is 17.4. The fraction of sp³-hybridized carbons (Fsp3) is 0.538. The number of halogens is 2. The molecule has 28 heavy (non-hydrogen) atoms. The molecule has 0 aliphatic heterocycles. The Kier molecular flexibility index (Phi) is 7.65. The van der Waals surface area contributed by atoms with Crippen LogP contribution in [-0.4, -0.2) is 0 Å². The van der Waals surface area contributed by atoms with E-state index in [-0.39, 0.29) is 11.6 Å². The maximum Gasteiger partial charge on any atom is 0.131 e. The average molecular weight is 385 g/mol. The number of hydrogen-bond donors (Lipinski definition) is 0. The maximum absolute atomic E-state index is 14.6. The molecule has 1 unspecified atom stereocenters. The molecule has 1 fully saturated rings. The van der Waals surface area contributed by atoms with E-state index >= 15 is 0 Å². The van der Waals surface area contributed by atoms with Crippen molar-refractivity contribution in [2.24, 2.45) is 17.8 Å². The zero-order valence-electron chi connectivity index (χ0n) is 17.4. The van der Waals surface area contributed by atoms with Crippen LogP contribution in [0.5, 0.6) is 0 Å². The van der Waals surface area contributed by atoms with Gasteiger partial charge in [0.2, 0.25) is 0 Å². The molecule has 3 rings (SSSR count). The Morgan fingerprint density at radius 1 is 0.929 bits per heavy atom. The van der Waals surface area contributed by atoms with E-state index in [9.17, 15) is 8.78 Å². The molecule has 1 atom stereocenters. The van der Waals surface area contributed by atoms with Gasteiger partial charge in [0.05, 0.1) is 0 Å². The van der Waals surface area contributed by atoms with Gasteiger partial charge in [-0.25, -0.2) is 8.78 Å². The van der Waals surface area contributed by atoms with Gasteiger partial charge in [-0.3, -0.25) is 0 Å². The highest BCUT2D eigenvalue weighted by molar-refractivity contribution is 5.64. The fourth-order valence-electron chi connectivity index (χ4n) is 4.82. The molecule has 152 valence electrons. The zero-order chi connectivity index (χ0) is 19.9. The topological polar surface area (TPSA) is 0 Å². The molecule has 0 heterocycles. The SMILES string of the molecule is CCCCCC1CCC(C(C)Cc2ccc(-c3ccc(F)cc3)c(F)c2)CC1. The number of hydrogen-bond acceptors (Lipinski definition) is 0. The van der Waals surface area contributed by atoms with Crippen LogP contribution in [0.4, 0.5) is 8.78 Å². The summed E-state index contributed by atoms with van der Waals surface area (Å²) >= 11 is 0. The van der Waals surface area contributed by atoms with Gasteiger partial charge >= 0.3 is 0 Å². The van der Waals surface area contributed by atoms with Crippen LogP contribution in [0, 0.1) is 29.4 Å². The van der Waals surface area contributed by atoms with Crippen molar-refractivity contribution in [2.45, 2.75) is 71.6 Å². The van der Waals surface area contributed by atoms with Crippen molar-refractivity contribution >= 4 is 0 Å². The molecule has 1 saturated carbocycles. The van der Waals surface area contributed by atoms with Crippen molar-refractivity contribution in [3.63, 3.8) is 0 Å². The molecule has 0 N–H and O–H groups in total. The minimum Gasteiger partial charge on any atom is -0.207 e. The summed E-state index contributed by atoms with van der Waals surface area (Å²) in [7, 11) is 0. The third-order valence-electron chi connectivity index (χ3n) is 6.66. The van der Waals surface area contributed by atoms with Gasteiger partial charge in [0, 0.05) is 5.56 Å². The number of rotatable bonds is 8. The van der Waals surface area contributed by atoms with Gasteiger partial charge in [0.25, 0.3) is 0 Å². The molecule has 2 aromatic carbocycles. The summed E-state index contributed by atoms with van der Waals surface area (Å²) in [5, 5.41) is 0. The van der Waals surface area contributed by atoms with Gasteiger partial charge in [0.15, 0.2) is 0 Å². The normalized spacial score (nSPS) is 20.9. The number of benzene rings is 2. The highest BCUT2D eigenvalue weighted by atomic mass is 19.1. The van der Waals surface area contributed by atoms with E-state index in [1.54, 1.807) is 18.2 Å². The third-order valence-corrected chi connectivity index (χ3v) is 6.66. The molecule has 0 spiro atoms. The third kappa shape index (κ3) is 5.65. The first-order valence-electron chi connectivity index (χ1n) is 11.1. The van der Waals surface area contributed by atoms with Crippen LogP contribution in [0.15, 0.2) is 42.5 Å². The highest BCUT2D eigenvalue weighted by Gasteiger charge is 2.25. The predicted octanol–water partition coefficient (Wildman–Crippen LogP) is 8.20. The largest absolute Gasteiger partial charge is 0.207 e. The molecule has 1 aliphatic carbocycles. The van der Waals surface area contributed by atoms with Crippen LogP contribution >= 0.6 is 0 Å². The molecule has 1 aliphatic rings. The van der Waals surface area contributed by atoms with Gasteiger partial charge in [-0.2, -0.15) is 0 Å². The molecule has 0 saturated heterocycles. The van der Waals surface area contributed by atoms with E-state index in [1.165, 1.54) is 63.5 Å². The first-order chi connectivity index (χ1) is 13.6. The Bertz CT molecular complexity index is 727. The minimum atomic E-state index is -0.297. The summed E-state index contributed by atoms with van der Waals surface area (Å²) in [5.41, 5.74) is 2.34. The van der Waals surface area contributed by atoms with Gasteiger partial charge in [0.1, 0.15) is 11.6 Å². The highest BCUT2D eigenvalue weighted by Crippen LogP contribution is 2.37. The second-order valence-corrected chi connectivity index (χ2v) is 8.78. The first-order valence-corrected chi connectivity index (χ1v) is 11.1. The van der Waals surface area contributed by atoms with Crippen LogP contribution in [0.3, 0.4) is 0 Å². The summed E-state index contributed by atoms with van der Waals surface area (Å²) < 4.78 is 27.7. The predicted molar refractivity (Wildman–Crippen MR) is 114 cm³/mol. The monoisotopic (exact) mass is 384 g/mol. The van der Waals surface area contributed by atoms with Gasteiger partial charge in [-0.15, -0.1) is 0 Å². The standard InChI is InChI=1S/C26H34F2/c1-3-4-5-6-20-7-10-22(11-8-20)19(2)17-21-9-16-25(26(28)18-21)23-12-14-24(27)15-13-23/h9,12-16,18-20,22H,3-8,10-11,17H2,1-2H3. The molecule has 0 bridgehead atoms. The Labute approximate surface area is 169 Å². The minimum absolute atomic E-state index is 0.212. The van der Waals surface area contributed by atoms with E-state index in [2.05, 4.69) is 13.8 Å². The van der Waals surface area contributed by atoms with Crippen molar-refractivity contribution in [2.75, 3.05) is 0 Å². The summed E-state index contributed by atoms with van der Waals surface area (Å²) in [6.45, 7) is 4.60. The fourth-order valence-corrected chi connectivity index (χ4v) is 4.82. The molecule has 2 aromatic rings. The lowest BCUT2D eigenvalue weighted by molar-refractivity contribution is 0.204. The lowest BCUT2D eigenvalue weighted by Crippen LogP contribution is -2.21. The van der Waals surface area contributed by atoms with Crippen molar-refractivity contribution in [3.05, 3.63) is 59.7 Å². The second-order valence-electron chi connectivity index (χ2n) is 8.78. The Balaban J connectivity index is 1.54. The first kappa shape index (κ1) is 21.0. The smallest absolute Gasteiger partial charge is 0.131 e. The molecule has 0 amide bonds. The Morgan fingerprint density at radius 2 is 1.64 bits per heavy atom. The van der Waals surface area contributed by atoms with Gasteiger partial charge < -0.3 is 0 Å². The van der Waals surface area contributed by atoms with Crippen molar-refractivity contribution in [1.29, 1.82) is 0 Å². The average Bonchev–Trinajstić information content (AvgIpc) is 2.70. The van der Waals surface area contributed by atoms with E-state index in [4.69, 9.17) is 0 Å². The van der Waals surface area contributed by atoms with Crippen molar-refractivity contribution < 1.29 is 8.78 Å². The van der Waals surface area contributed by atoms with Crippen molar-refractivity contribution in [3.8, 4) is 11.1 Å². The summed E-state index contributed by atoms with van der Waals surface area (Å²) in [4.78, 5) is 0. The molecular weight excluding hydrogens is 350 g/mol. The Hall–Kier alpha value is -1.70. The van der Waals surface area contributed by atoms with Crippen LogP contribution in [0.2, 0.25) is 0 Å². The van der Waals surface area contributed by atoms with E-state index in [1.807, 2.05) is 12.1 Å². The summed E-state index contributed by atoms with van der Waals surface area (Å²) in [6.07, 6.45) is 11.8. The molecular formula is C26H34F2. The molecule has 2 heteroatoms. The molecule has 0 radical (unpaired) electrons. The maximum atomic E-state index is 14.6. The quantitative estimate of drug-likeness (QED) is 0.402. The van der Waals surface area contributed by atoms with Crippen LogP contribution in [0.1, 0.15) is 70.8 Å². The second kappa shape index (κ2) is 10.2. The summed E-state index contributed by atoms with van der Waals surface area (Å²) in [6, 6.07) is 11.6. The molecule has 0 nitrogen and oxygen atoms in total. The Morgan fingerprint density at radius 3 is 2.29 bits per heavy atom. The van der Waals surface area contributed by atoms with Crippen LogP contribution < -0.4 is 0 Å².